The monoisotopic (exact) mass is 280 g/mol. The first kappa shape index (κ1) is 14.4. The molecule has 1 aliphatic heterocycles. The third kappa shape index (κ3) is 4.51. The van der Waals surface area contributed by atoms with Gasteiger partial charge in [0.25, 0.3) is 0 Å². The summed E-state index contributed by atoms with van der Waals surface area (Å²) in [6.07, 6.45) is 2.98. The van der Waals surface area contributed by atoms with Crippen LogP contribution in [-0.2, 0) is 11.2 Å². The van der Waals surface area contributed by atoms with Crippen molar-refractivity contribution < 1.29 is 4.79 Å². The standard InChI is InChI=1S/C15H21ClN2O/c1-12(18-8-2-3-9-18)11-17-15(19)10-13-4-6-14(16)7-5-13/h4-7,12H,2-3,8-11H2,1H3,(H,17,19)/t12-/m0/s1. The Morgan fingerprint density at radius 1 is 1.32 bits per heavy atom. The van der Waals surface area contributed by atoms with Crippen molar-refractivity contribution in [1.82, 2.24) is 10.2 Å². The van der Waals surface area contributed by atoms with Gasteiger partial charge in [-0.25, -0.2) is 0 Å². The number of carbonyl (C=O) groups is 1. The Morgan fingerprint density at radius 2 is 1.95 bits per heavy atom. The van der Waals surface area contributed by atoms with Crippen LogP contribution in [0.3, 0.4) is 0 Å². The molecule has 0 spiro atoms. The van der Waals surface area contributed by atoms with Gasteiger partial charge in [-0.05, 0) is 50.6 Å². The van der Waals surface area contributed by atoms with Crippen molar-refractivity contribution >= 4 is 17.5 Å². The molecule has 1 amide bonds. The minimum absolute atomic E-state index is 0.0772. The van der Waals surface area contributed by atoms with E-state index in [0.717, 1.165) is 25.2 Å². The number of hydrogen-bond acceptors (Lipinski definition) is 2. The predicted molar refractivity (Wildman–Crippen MR) is 78.4 cm³/mol. The Hall–Kier alpha value is -1.06. The van der Waals surface area contributed by atoms with Gasteiger partial charge in [-0.3, -0.25) is 9.69 Å². The lowest BCUT2D eigenvalue weighted by atomic mass is 10.1. The highest BCUT2D eigenvalue weighted by Gasteiger charge is 2.18. The normalized spacial score (nSPS) is 17.4. The highest BCUT2D eigenvalue weighted by Crippen LogP contribution is 2.11. The molecule has 0 radical (unpaired) electrons. The molecule has 1 aromatic carbocycles. The second-order valence-corrected chi connectivity index (χ2v) is 5.64. The van der Waals surface area contributed by atoms with Gasteiger partial charge in [0.1, 0.15) is 0 Å². The van der Waals surface area contributed by atoms with Crippen molar-refractivity contribution in [3.63, 3.8) is 0 Å². The molecule has 1 saturated heterocycles. The quantitative estimate of drug-likeness (QED) is 0.899. The van der Waals surface area contributed by atoms with Gasteiger partial charge < -0.3 is 5.32 Å². The van der Waals surface area contributed by atoms with E-state index in [9.17, 15) is 4.79 Å². The van der Waals surface area contributed by atoms with Crippen LogP contribution in [0.4, 0.5) is 0 Å². The zero-order valence-electron chi connectivity index (χ0n) is 11.4. The van der Waals surface area contributed by atoms with Crippen LogP contribution in [-0.4, -0.2) is 36.5 Å². The van der Waals surface area contributed by atoms with E-state index < -0.39 is 0 Å². The molecule has 1 fully saturated rings. The zero-order chi connectivity index (χ0) is 13.7. The Bertz CT molecular complexity index is 413. The fraction of sp³-hybridized carbons (Fsp3) is 0.533. The number of likely N-dealkylation sites (tertiary alicyclic amines) is 1. The van der Waals surface area contributed by atoms with Crippen LogP contribution in [0.1, 0.15) is 25.3 Å². The summed E-state index contributed by atoms with van der Waals surface area (Å²) in [5, 5.41) is 3.71. The molecule has 4 heteroatoms. The number of benzene rings is 1. The van der Waals surface area contributed by atoms with Crippen molar-refractivity contribution in [2.75, 3.05) is 19.6 Å². The van der Waals surface area contributed by atoms with Crippen molar-refractivity contribution in [2.24, 2.45) is 0 Å². The Labute approximate surface area is 119 Å². The number of hydrogen-bond donors (Lipinski definition) is 1. The van der Waals surface area contributed by atoms with Crippen LogP contribution >= 0.6 is 11.6 Å². The summed E-state index contributed by atoms with van der Waals surface area (Å²) in [6.45, 7) is 5.22. The average Bonchev–Trinajstić information content (AvgIpc) is 2.93. The molecule has 1 heterocycles. The van der Waals surface area contributed by atoms with Gasteiger partial charge in [0.15, 0.2) is 0 Å². The molecule has 0 aliphatic carbocycles. The summed E-state index contributed by atoms with van der Waals surface area (Å²) in [7, 11) is 0. The lowest BCUT2D eigenvalue weighted by Gasteiger charge is -2.23. The van der Waals surface area contributed by atoms with Gasteiger partial charge in [-0.15, -0.1) is 0 Å². The van der Waals surface area contributed by atoms with Gasteiger partial charge in [0.05, 0.1) is 6.42 Å². The average molecular weight is 281 g/mol. The van der Waals surface area contributed by atoms with Gasteiger partial charge in [-0.1, -0.05) is 23.7 Å². The summed E-state index contributed by atoms with van der Waals surface area (Å²) in [4.78, 5) is 14.3. The summed E-state index contributed by atoms with van der Waals surface area (Å²) in [5.74, 6) is 0.0772. The van der Waals surface area contributed by atoms with Crippen molar-refractivity contribution in [2.45, 2.75) is 32.2 Å². The van der Waals surface area contributed by atoms with E-state index in [1.54, 1.807) is 0 Å². The molecule has 0 saturated carbocycles. The third-order valence-electron chi connectivity index (χ3n) is 3.64. The van der Waals surface area contributed by atoms with Crippen LogP contribution in [0.15, 0.2) is 24.3 Å². The summed E-state index contributed by atoms with van der Waals surface area (Å²) in [6, 6.07) is 7.85. The van der Waals surface area contributed by atoms with Gasteiger partial charge in [0.2, 0.25) is 5.91 Å². The summed E-state index contributed by atoms with van der Waals surface area (Å²) >= 11 is 5.82. The second kappa shape index (κ2) is 6.92. The lowest BCUT2D eigenvalue weighted by Crippen LogP contribution is -2.41. The van der Waals surface area contributed by atoms with E-state index in [1.165, 1.54) is 12.8 Å². The van der Waals surface area contributed by atoms with Crippen LogP contribution in [0.2, 0.25) is 5.02 Å². The van der Waals surface area contributed by atoms with E-state index in [4.69, 9.17) is 11.6 Å². The molecule has 19 heavy (non-hydrogen) atoms. The van der Waals surface area contributed by atoms with Crippen LogP contribution in [0.25, 0.3) is 0 Å². The number of nitrogens with zero attached hydrogens (tertiary/aromatic N) is 1. The Kier molecular flexibility index (Phi) is 5.23. The molecule has 104 valence electrons. The van der Waals surface area contributed by atoms with Gasteiger partial charge in [0, 0.05) is 17.6 Å². The SMILES string of the molecule is C[C@@H](CNC(=O)Cc1ccc(Cl)cc1)N1CCCC1. The smallest absolute Gasteiger partial charge is 0.224 e. The van der Waals surface area contributed by atoms with Crippen LogP contribution in [0.5, 0.6) is 0 Å². The Balaban J connectivity index is 1.73. The molecule has 0 unspecified atom stereocenters. The number of halogens is 1. The van der Waals surface area contributed by atoms with Crippen LogP contribution in [0, 0.1) is 0 Å². The first-order valence-corrected chi connectivity index (χ1v) is 7.28. The van der Waals surface area contributed by atoms with E-state index >= 15 is 0 Å². The second-order valence-electron chi connectivity index (χ2n) is 5.20. The maximum atomic E-state index is 11.9. The minimum Gasteiger partial charge on any atom is -0.354 e. The van der Waals surface area contributed by atoms with E-state index in [2.05, 4.69) is 17.1 Å². The fourth-order valence-corrected chi connectivity index (χ4v) is 2.55. The zero-order valence-corrected chi connectivity index (χ0v) is 12.1. The molecule has 2 rings (SSSR count). The number of carbonyl (C=O) groups excluding carboxylic acids is 1. The van der Waals surface area contributed by atoms with Crippen molar-refractivity contribution in [3.8, 4) is 0 Å². The van der Waals surface area contributed by atoms with Gasteiger partial charge >= 0.3 is 0 Å². The summed E-state index contributed by atoms with van der Waals surface area (Å²) < 4.78 is 0. The number of nitrogens with one attached hydrogen (secondary N) is 1. The Morgan fingerprint density at radius 3 is 2.58 bits per heavy atom. The first-order valence-electron chi connectivity index (χ1n) is 6.90. The molecule has 1 N–H and O–H groups in total. The molecule has 0 bridgehead atoms. The maximum absolute atomic E-state index is 11.9. The highest BCUT2D eigenvalue weighted by atomic mass is 35.5. The predicted octanol–water partition coefficient (Wildman–Crippen LogP) is 2.48. The minimum atomic E-state index is 0.0772. The van der Waals surface area contributed by atoms with E-state index in [1.807, 2.05) is 24.3 Å². The third-order valence-corrected chi connectivity index (χ3v) is 3.89. The van der Waals surface area contributed by atoms with Gasteiger partial charge in [-0.2, -0.15) is 0 Å². The highest BCUT2D eigenvalue weighted by molar-refractivity contribution is 6.30. The number of amides is 1. The molecule has 3 nitrogen and oxygen atoms in total. The van der Waals surface area contributed by atoms with Crippen LogP contribution < -0.4 is 5.32 Å². The van der Waals surface area contributed by atoms with Crippen molar-refractivity contribution in [3.05, 3.63) is 34.9 Å². The molecule has 1 aliphatic rings. The molecular formula is C15H21ClN2O. The van der Waals surface area contributed by atoms with Crippen molar-refractivity contribution in [1.29, 1.82) is 0 Å². The topological polar surface area (TPSA) is 32.3 Å². The summed E-state index contributed by atoms with van der Waals surface area (Å²) in [5.41, 5.74) is 0.996. The number of rotatable bonds is 5. The maximum Gasteiger partial charge on any atom is 0.224 e. The fourth-order valence-electron chi connectivity index (χ4n) is 2.42. The molecular weight excluding hydrogens is 260 g/mol. The molecule has 0 aromatic heterocycles. The van der Waals surface area contributed by atoms with E-state index in [-0.39, 0.29) is 5.91 Å². The first-order chi connectivity index (χ1) is 9.15. The molecule has 1 aromatic rings. The molecule has 1 atom stereocenters. The van der Waals surface area contributed by atoms with E-state index in [0.29, 0.717) is 17.5 Å². The lowest BCUT2D eigenvalue weighted by molar-refractivity contribution is -0.120. The largest absolute Gasteiger partial charge is 0.354 e.